The molecule has 2 heterocycles. The van der Waals surface area contributed by atoms with E-state index in [4.69, 9.17) is 4.42 Å². The van der Waals surface area contributed by atoms with Crippen LogP contribution in [0.2, 0.25) is 0 Å². The van der Waals surface area contributed by atoms with Gasteiger partial charge in [0.2, 0.25) is 5.89 Å². The molecule has 1 aromatic carbocycles. The number of aromatic nitrogens is 2. The van der Waals surface area contributed by atoms with E-state index in [0.29, 0.717) is 5.89 Å². The van der Waals surface area contributed by atoms with E-state index in [1.165, 1.54) is 11.6 Å². The summed E-state index contributed by atoms with van der Waals surface area (Å²) in [5, 5.41) is 12.3. The second kappa shape index (κ2) is 6.58. The number of benzene rings is 1. The first-order valence-corrected chi connectivity index (χ1v) is 7.93. The fourth-order valence-corrected chi connectivity index (χ4v) is 2.57. The van der Waals surface area contributed by atoms with Gasteiger partial charge in [-0.2, -0.15) is 0 Å². The van der Waals surface area contributed by atoms with Crippen molar-refractivity contribution in [2.24, 2.45) is 0 Å². The Morgan fingerprint density at radius 2 is 2.09 bits per heavy atom. The molecule has 0 aliphatic rings. The maximum Gasteiger partial charge on any atom is 0.322 e. The van der Waals surface area contributed by atoms with Gasteiger partial charge in [0.1, 0.15) is 0 Å². The maximum atomic E-state index is 11.8. The molecule has 3 aromatic rings. The lowest BCUT2D eigenvalue weighted by Crippen LogP contribution is -2.07. The minimum Gasteiger partial charge on any atom is -0.403 e. The van der Waals surface area contributed by atoms with Gasteiger partial charge in [0.25, 0.3) is 5.91 Å². The minimum absolute atomic E-state index is 0.0825. The van der Waals surface area contributed by atoms with Gasteiger partial charge in [0.15, 0.2) is 0 Å². The van der Waals surface area contributed by atoms with Crippen molar-refractivity contribution in [3.8, 4) is 11.5 Å². The normalized spacial score (nSPS) is 11.0. The van der Waals surface area contributed by atoms with Gasteiger partial charge in [-0.15, -0.1) is 16.4 Å². The molecule has 0 saturated carbocycles. The van der Waals surface area contributed by atoms with Crippen molar-refractivity contribution in [1.82, 2.24) is 10.2 Å². The first kappa shape index (κ1) is 15.2. The molecule has 3 rings (SSSR count). The van der Waals surface area contributed by atoms with Gasteiger partial charge >= 0.3 is 6.01 Å². The lowest BCUT2D eigenvalue weighted by Gasteiger charge is -2.00. The van der Waals surface area contributed by atoms with Crippen LogP contribution >= 0.6 is 11.3 Å². The smallest absolute Gasteiger partial charge is 0.322 e. The van der Waals surface area contributed by atoms with Gasteiger partial charge in [-0.1, -0.05) is 17.2 Å². The van der Waals surface area contributed by atoms with E-state index in [0.717, 1.165) is 16.0 Å². The van der Waals surface area contributed by atoms with Gasteiger partial charge in [-0.05, 0) is 54.6 Å². The van der Waals surface area contributed by atoms with Crippen LogP contribution in [0, 0.1) is 13.8 Å². The van der Waals surface area contributed by atoms with Crippen LogP contribution in [0.4, 0.5) is 6.01 Å². The largest absolute Gasteiger partial charge is 0.403 e. The van der Waals surface area contributed by atoms with Crippen LogP contribution in [0.3, 0.4) is 0 Å². The van der Waals surface area contributed by atoms with Gasteiger partial charge in [-0.3, -0.25) is 10.1 Å². The standard InChI is InChI=1S/C17H15N3O2S/c1-11-5-6-13(10-12(11)2)16-19-20-17(22-16)18-15(21)8-7-14-4-3-9-23-14/h3-10H,1-2H3,(H,18,20,21). The predicted molar refractivity (Wildman–Crippen MR) is 91.2 cm³/mol. The molecule has 23 heavy (non-hydrogen) atoms. The quantitative estimate of drug-likeness (QED) is 0.734. The van der Waals surface area contributed by atoms with Gasteiger partial charge in [0, 0.05) is 16.5 Å². The number of aryl methyl sites for hydroxylation is 2. The second-order valence-corrected chi connectivity index (χ2v) is 6.03. The number of carbonyl (C=O) groups is 1. The van der Waals surface area contributed by atoms with Gasteiger partial charge in [0.05, 0.1) is 0 Å². The SMILES string of the molecule is Cc1ccc(-c2nnc(NC(=O)C=Cc3cccs3)o2)cc1C. The predicted octanol–water partition coefficient (Wildman–Crippen LogP) is 4.07. The Labute approximate surface area is 137 Å². The summed E-state index contributed by atoms with van der Waals surface area (Å²) in [4.78, 5) is 12.8. The highest BCUT2D eigenvalue weighted by Gasteiger charge is 2.10. The molecule has 5 nitrogen and oxygen atoms in total. The maximum absolute atomic E-state index is 11.8. The van der Waals surface area contributed by atoms with Crippen LogP contribution in [0.25, 0.3) is 17.5 Å². The first-order chi connectivity index (χ1) is 11.1. The highest BCUT2D eigenvalue weighted by atomic mass is 32.1. The van der Waals surface area contributed by atoms with Crippen molar-refractivity contribution >= 4 is 29.3 Å². The zero-order chi connectivity index (χ0) is 16.2. The summed E-state index contributed by atoms with van der Waals surface area (Å²) in [5.74, 6) is 0.0688. The van der Waals surface area contributed by atoms with Crippen LogP contribution < -0.4 is 5.32 Å². The topological polar surface area (TPSA) is 68.0 Å². The lowest BCUT2D eigenvalue weighted by atomic mass is 10.1. The average molecular weight is 325 g/mol. The van der Waals surface area contributed by atoms with Crippen molar-refractivity contribution in [3.05, 3.63) is 57.8 Å². The van der Waals surface area contributed by atoms with E-state index >= 15 is 0 Å². The van der Waals surface area contributed by atoms with Crippen molar-refractivity contribution in [3.63, 3.8) is 0 Å². The zero-order valence-electron chi connectivity index (χ0n) is 12.7. The summed E-state index contributed by atoms with van der Waals surface area (Å²) in [6, 6.07) is 9.83. The van der Waals surface area contributed by atoms with Crippen LogP contribution in [-0.2, 0) is 4.79 Å². The third-order valence-electron chi connectivity index (χ3n) is 3.35. The van der Waals surface area contributed by atoms with Gasteiger partial charge < -0.3 is 4.42 Å². The molecule has 1 amide bonds. The molecule has 0 fully saturated rings. The van der Waals surface area contributed by atoms with E-state index in [2.05, 4.69) is 15.5 Å². The molecular weight excluding hydrogens is 310 g/mol. The number of anilines is 1. The van der Waals surface area contributed by atoms with E-state index in [1.54, 1.807) is 17.4 Å². The van der Waals surface area contributed by atoms with Crippen LogP contribution in [0.5, 0.6) is 0 Å². The Kier molecular flexibility index (Phi) is 4.34. The number of carbonyl (C=O) groups excluding carboxylic acids is 1. The molecule has 2 aromatic heterocycles. The molecule has 0 atom stereocenters. The van der Waals surface area contributed by atoms with Crippen molar-refractivity contribution in [2.75, 3.05) is 5.32 Å². The highest BCUT2D eigenvalue weighted by Crippen LogP contribution is 2.22. The van der Waals surface area contributed by atoms with E-state index < -0.39 is 0 Å². The third-order valence-corrected chi connectivity index (χ3v) is 4.19. The molecule has 0 aliphatic heterocycles. The molecule has 0 unspecified atom stereocenters. The Morgan fingerprint density at radius 3 is 2.83 bits per heavy atom. The number of rotatable bonds is 4. The van der Waals surface area contributed by atoms with Crippen LogP contribution in [0.15, 0.2) is 46.2 Å². The number of nitrogens with zero attached hydrogens (tertiary/aromatic N) is 2. The summed E-state index contributed by atoms with van der Waals surface area (Å²) in [6.45, 7) is 4.06. The summed E-state index contributed by atoms with van der Waals surface area (Å²) in [7, 11) is 0. The molecule has 0 bridgehead atoms. The first-order valence-electron chi connectivity index (χ1n) is 7.05. The lowest BCUT2D eigenvalue weighted by molar-refractivity contribution is -0.112. The van der Waals surface area contributed by atoms with E-state index in [9.17, 15) is 4.79 Å². The molecule has 0 spiro atoms. The minimum atomic E-state index is -0.311. The summed E-state index contributed by atoms with van der Waals surface area (Å²) in [6.07, 6.45) is 3.17. The number of nitrogens with one attached hydrogen (secondary N) is 1. The molecule has 0 aliphatic carbocycles. The van der Waals surface area contributed by atoms with E-state index in [-0.39, 0.29) is 11.9 Å². The van der Waals surface area contributed by atoms with Gasteiger partial charge in [-0.25, -0.2) is 0 Å². The van der Waals surface area contributed by atoms with Crippen molar-refractivity contribution < 1.29 is 9.21 Å². The number of hydrogen-bond acceptors (Lipinski definition) is 5. The molecule has 1 N–H and O–H groups in total. The fourth-order valence-electron chi connectivity index (χ4n) is 1.96. The van der Waals surface area contributed by atoms with Crippen molar-refractivity contribution in [1.29, 1.82) is 0 Å². The molecule has 0 radical (unpaired) electrons. The molecule has 6 heteroatoms. The molecule has 0 saturated heterocycles. The summed E-state index contributed by atoms with van der Waals surface area (Å²) < 4.78 is 5.49. The van der Waals surface area contributed by atoms with Crippen LogP contribution in [0.1, 0.15) is 16.0 Å². The van der Waals surface area contributed by atoms with Crippen molar-refractivity contribution in [2.45, 2.75) is 13.8 Å². The van der Waals surface area contributed by atoms with Crippen LogP contribution in [-0.4, -0.2) is 16.1 Å². The fraction of sp³-hybridized carbons (Fsp3) is 0.118. The highest BCUT2D eigenvalue weighted by molar-refractivity contribution is 7.10. The Bertz CT molecular complexity index is 851. The number of hydrogen-bond donors (Lipinski definition) is 1. The molecular formula is C17H15N3O2S. The summed E-state index contributed by atoms with van der Waals surface area (Å²) >= 11 is 1.56. The monoisotopic (exact) mass is 325 g/mol. The Hall–Kier alpha value is -2.73. The Morgan fingerprint density at radius 1 is 1.22 bits per heavy atom. The Balaban J connectivity index is 1.69. The molecule has 116 valence electrons. The average Bonchev–Trinajstić information content (AvgIpc) is 3.19. The summed E-state index contributed by atoms with van der Waals surface area (Å²) in [5.41, 5.74) is 3.17. The number of thiophene rings is 1. The third kappa shape index (κ3) is 3.73. The zero-order valence-corrected chi connectivity index (χ0v) is 13.6. The van der Waals surface area contributed by atoms with E-state index in [1.807, 2.05) is 49.6 Å². The number of amides is 1. The second-order valence-electron chi connectivity index (χ2n) is 5.05.